The Balaban J connectivity index is 1.83. The third kappa shape index (κ3) is 2.66. The van der Waals surface area contributed by atoms with Gasteiger partial charge in [0.25, 0.3) is 5.56 Å². The van der Waals surface area contributed by atoms with Crippen LogP contribution in [0.15, 0.2) is 17.4 Å². The highest BCUT2D eigenvalue weighted by Crippen LogP contribution is 2.42. The number of allylic oxidation sites excluding steroid dienone is 1. The number of thiophene rings is 1. The second kappa shape index (κ2) is 6.35. The molecule has 28 heavy (non-hydrogen) atoms. The lowest BCUT2D eigenvalue weighted by atomic mass is 9.90. The molecule has 1 saturated heterocycles. The highest BCUT2D eigenvalue weighted by atomic mass is 32.1. The van der Waals surface area contributed by atoms with Crippen LogP contribution in [0.25, 0.3) is 20.4 Å². The summed E-state index contributed by atoms with van der Waals surface area (Å²) in [5.74, 6) is 1.02. The van der Waals surface area contributed by atoms with Gasteiger partial charge in [-0.25, -0.2) is 9.67 Å². The van der Waals surface area contributed by atoms with Crippen molar-refractivity contribution in [3.8, 4) is 0 Å². The summed E-state index contributed by atoms with van der Waals surface area (Å²) >= 11 is 1.43. The summed E-state index contributed by atoms with van der Waals surface area (Å²) in [5, 5.41) is 9.51. The van der Waals surface area contributed by atoms with E-state index in [2.05, 4.69) is 35.6 Å². The zero-order chi connectivity index (χ0) is 19.5. The average molecular weight is 398 g/mol. The molecule has 0 radical (unpaired) electrons. The minimum absolute atomic E-state index is 0.129. The maximum Gasteiger partial charge on any atom is 0.288 e. The highest BCUT2D eigenvalue weighted by Gasteiger charge is 2.33. The van der Waals surface area contributed by atoms with E-state index in [0.717, 1.165) is 41.1 Å². The van der Waals surface area contributed by atoms with Gasteiger partial charge in [-0.2, -0.15) is 0 Å². The molecule has 3 aromatic rings. The second-order valence-electron chi connectivity index (χ2n) is 8.14. The van der Waals surface area contributed by atoms with Crippen molar-refractivity contribution in [2.75, 3.05) is 18.0 Å². The third-order valence-electron chi connectivity index (χ3n) is 5.61. The molecule has 0 aliphatic carbocycles. The van der Waals surface area contributed by atoms with Crippen LogP contribution < -0.4 is 10.5 Å². The van der Waals surface area contributed by atoms with Crippen molar-refractivity contribution in [1.82, 2.24) is 20.0 Å². The minimum Gasteiger partial charge on any atom is -0.370 e. The predicted octanol–water partition coefficient (Wildman–Crippen LogP) is 3.04. The first-order valence-electron chi connectivity index (χ1n) is 9.70. The Morgan fingerprint density at radius 1 is 1.29 bits per heavy atom. The molecule has 1 fully saturated rings. The summed E-state index contributed by atoms with van der Waals surface area (Å²) in [6, 6.07) is 0. The number of hydrogen-bond acceptors (Lipinski definition) is 7. The summed E-state index contributed by atoms with van der Waals surface area (Å²) in [5.41, 5.74) is 2.63. The van der Waals surface area contributed by atoms with E-state index in [-0.39, 0.29) is 11.2 Å². The fourth-order valence-electron chi connectivity index (χ4n) is 4.23. The van der Waals surface area contributed by atoms with Crippen molar-refractivity contribution in [3.05, 3.63) is 34.1 Å². The average Bonchev–Trinajstić information content (AvgIpc) is 3.30. The van der Waals surface area contributed by atoms with E-state index in [1.54, 1.807) is 6.08 Å². The summed E-state index contributed by atoms with van der Waals surface area (Å²) in [6.45, 7) is 10.8. The molecule has 0 spiro atoms. The van der Waals surface area contributed by atoms with Crippen LogP contribution in [-0.4, -0.2) is 38.7 Å². The smallest absolute Gasteiger partial charge is 0.288 e. The fourth-order valence-corrected chi connectivity index (χ4v) is 5.31. The molecule has 0 N–H and O–H groups in total. The van der Waals surface area contributed by atoms with Crippen LogP contribution in [0, 0.1) is 0 Å². The highest BCUT2D eigenvalue weighted by molar-refractivity contribution is 7.25. The number of anilines is 1. The minimum atomic E-state index is -0.261. The Kier molecular flexibility index (Phi) is 4.03. The van der Waals surface area contributed by atoms with E-state index in [1.807, 2.05) is 0 Å². The number of hydrogen-bond donors (Lipinski definition) is 0. The normalized spacial score (nSPS) is 18.7. The summed E-state index contributed by atoms with van der Waals surface area (Å²) in [4.78, 5) is 21.1. The SMILES string of the molecule is C=CCn1nnc2c(sc3nc(N4CCCC4)c4c(c32)CC(C)(C)OC4)c1=O. The molecular weight excluding hydrogens is 374 g/mol. The molecule has 5 heterocycles. The predicted molar refractivity (Wildman–Crippen MR) is 111 cm³/mol. The molecule has 0 amide bonds. The molecule has 2 aliphatic heterocycles. The Morgan fingerprint density at radius 2 is 2.07 bits per heavy atom. The van der Waals surface area contributed by atoms with Crippen LogP contribution >= 0.6 is 11.3 Å². The maximum absolute atomic E-state index is 12.9. The lowest BCUT2D eigenvalue weighted by molar-refractivity contribution is -0.0395. The molecule has 0 atom stereocenters. The van der Waals surface area contributed by atoms with Crippen LogP contribution in [0.5, 0.6) is 0 Å². The number of pyridine rings is 1. The van der Waals surface area contributed by atoms with Crippen LogP contribution in [0.1, 0.15) is 37.8 Å². The van der Waals surface area contributed by atoms with Gasteiger partial charge in [0.15, 0.2) is 0 Å². The molecule has 2 aliphatic rings. The zero-order valence-corrected chi connectivity index (χ0v) is 17.0. The van der Waals surface area contributed by atoms with E-state index in [4.69, 9.17) is 9.72 Å². The van der Waals surface area contributed by atoms with Gasteiger partial charge in [0.1, 0.15) is 20.9 Å². The number of aromatic nitrogens is 4. The van der Waals surface area contributed by atoms with Gasteiger partial charge in [-0.3, -0.25) is 4.79 Å². The largest absolute Gasteiger partial charge is 0.370 e. The topological polar surface area (TPSA) is 73.1 Å². The maximum atomic E-state index is 12.9. The van der Waals surface area contributed by atoms with Gasteiger partial charge in [-0.05, 0) is 32.3 Å². The van der Waals surface area contributed by atoms with Crippen molar-refractivity contribution < 1.29 is 4.74 Å². The molecule has 0 aromatic carbocycles. The Hall–Kier alpha value is -2.32. The number of rotatable bonds is 3. The van der Waals surface area contributed by atoms with E-state index in [1.165, 1.54) is 34.4 Å². The number of nitrogens with zero attached hydrogens (tertiary/aromatic N) is 5. The zero-order valence-electron chi connectivity index (χ0n) is 16.2. The van der Waals surface area contributed by atoms with E-state index < -0.39 is 0 Å². The third-order valence-corrected chi connectivity index (χ3v) is 6.67. The molecule has 146 valence electrons. The van der Waals surface area contributed by atoms with Gasteiger partial charge in [-0.15, -0.1) is 23.0 Å². The second-order valence-corrected chi connectivity index (χ2v) is 9.14. The first-order chi connectivity index (χ1) is 13.5. The Morgan fingerprint density at radius 3 is 2.82 bits per heavy atom. The van der Waals surface area contributed by atoms with Crippen LogP contribution in [0.2, 0.25) is 0 Å². The van der Waals surface area contributed by atoms with Crippen LogP contribution in [-0.2, 0) is 24.3 Å². The van der Waals surface area contributed by atoms with Gasteiger partial charge in [0.05, 0.1) is 18.8 Å². The van der Waals surface area contributed by atoms with Gasteiger partial charge in [0.2, 0.25) is 0 Å². The van der Waals surface area contributed by atoms with Crippen LogP contribution in [0.4, 0.5) is 5.82 Å². The molecule has 3 aromatic heterocycles. The molecule has 7 nitrogen and oxygen atoms in total. The molecule has 0 bridgehead atoms. The Labute approximate surface area is 166 Å². The van der Waals surface area contributed by atoms with Gasteiger partial charge < -0.3 is 9.64 Å². The monoisotopic (exact) mass is 397 g/mol. The molecular formula is C20H23N5O2S. The lowest BCUT2D eigenvalue weighted by Gasteiger charge is -2.34. The fraction of sp³-hybridized carbons (Fsp3) is 0.500. The van der Waals surface area contributed by atoms with Crippen molar-refractivity contribution in [2.45, 2.75) is 51.9 Å². The van der Waals surface area contributed by atoms with Crippen molar-refractivity contribution in [3.63, 3.8) is 0 Å². The van der Waals surface area contributed by atoms with Crippen LogP contribution in [0.3, 0.4) is 0 Å². The summed E-state index contributed by atoms with van der Waals surface area (Å²) in [6.07, 6.45) is 4.79. The molecule has 0 saturated carbocycles. The van der Waals surface area contributed by atoms with E-state index >= 15 is 0 Å². The van der Waals surface area contributed by atoms with E-state index in [0.29, 0.717) is 23.4 Å². The van der Waals surface area contributed by atoms with E-state index in [9.17, 15) is 4.79 Å². The van der Waals surface area contributed by atoms with Gasteiger partial charge in [-0.1, -0.05) is 11.3 Å². The van der Waals surface area contributed by atoms with Crippen molar-refractivity contribution >= 4 is 37.6 Å². The van der Waals surface area contributed by atoms with Crippen molar-refractivity contribution in [1.29, 1.82) is 0 Å². The Bertz CT molecular complexity index is 1160. The number of ether oxygens (including phenoxy) is 1. The quantitative estimate of drug-likeness (QED) is 0.633. The standard InChI is InChI=1S/C20H23N5O2S/c1-4-7-25-19(26)16-15(22-23-25)14-12-10-20(2,3)27-11-13(12)17(21-18(14)28-16)24-8-5-6-9-24/h4H,1,5-11H2,2-3H3. The van der Waals surface area contributed by atoms with Gasteiger partial charge in [0, 0.05) is 30.5 Å². The molecule has 5 rings (SSSR count). The van der Waals surface area contributed by atoms with Gasteiger partial charge >= 0.3 is 0 Å². The lowest BCUT2D eigenvalue weighted by Crippen LogP contribution is -2.34. The summed E-state index contributed by atoms with van der Waals surface area (Å²) in [7, 11) is 0. The number of fused-ring (bicyclic) bond motifs is 5. The molecule has 0 unspecified atom stereocenters. The first kappa shape index (κ1) is 17.8. The molecule has 8 heteroatoms. The summed E-state index contributed by atoms with van der Waals surface area (Å²) < 4.78 is 8.10. The first-order valence-corrected chi connectivity index (χ1v) is 10.5. The van der Waals surface area contributed by atoms with Crippen molar-refractivity contribution in [2.24, 2.45) is 0 Å².